The third-order valence-corrected chi connectivity index (χ3v) is 4.26. The zero-order chi connectivity index (χ0) is 14.3. The Hall–Kier alpha value is -1.81. The van der Waals surface area contributed by atoms with Crippen molar-refractivity contribution in [2.75, 3.05) is 7.11 Å². The Morgan fingerprint density at radius 3 is 2.60 bits per heavy atom. The predicted molar refractivity (Wildman–Crippen MR) is 78.6 cm³/mol. The van der Waals surface area contributed by atoms with Crippen LogP contribution in [0.4, 0.5) is 0 Å². The number of fused-ring (bicyclic) bond motifs is 2. The third kappa shape index (κ3) is 2.00. The van der Waals surface area contributed by atoms with Crippen LogP contribution in [0.25, 0.3) is 10.9 Å². The fourth-order valence-electron chi connectivity index (χ4n) is 3.23. The lowest BCUT2D eigenvalue weighted by molar-refractivity contribution is -0.142. The summed E-state index contributed by atoms with van der Waals surface area (Å²) in [6.45, 7) is 1.96. The number of rotatable bonds is 2. The van der Waals surface area contributed by atoms with Crippen LogP contribution in [-0.4, -0.2) is 18.1 Å². The predicted octanol–water partition coefficient (Wildman–Crippen LogP) is 2.53. The number of benzene rings is 1. The van der Waals surface area contributed by atoms with Gasteiger partial charge < -0.3 is 15.5 Å². The van der Waals surface area contributed by atoms with Gasteiger partial charge in [0, 0.05) is 22.2 Å². The number of hydrogen-bond donors (Lipinski definition) is 2. The second-order valence-electron chi connectivity index (χ2n) is 5.54. The molecule has 1 aliphatic rings. The molecule has 0 fully saturated rings. The van der Waals surface area contributed by atoms with Crippen molar-refractivity contribution in [3.8, 4) is 0 Å². The zero-order valence-electron chi connectivity index (χ0n) is 12.0. The fraction of sp³-hybridized carbons (Fsp3) is 0.438. The highest BCUT2D eigenvalue weighted by Crippen LogP contribution is 2.32. The largest absolute Gasteiger partial charge is 0.468 e. The minimum absolute atomic E-state index is 0.397. The van der Waals surface area contributed by atoms with Gasteiger partial charge in [0.1, 0.15) is 6.04 Å². The highest BCUT2D eigenvalue weighted by atomic mass is 16.5. The van der Waals surface area contributed by atoms with Crippen molar-refractivity contribution >= 4 is 16.9 Å². The first-order chi connectivity index (χ1) is 9.61. The highest BCUT2D eigenvalue weighted by molar-refractivity contribution is 5.91. The van der Waals surface area contributed by atoms with Crippen LogP contribution in [0, 0.1) is 6.92 Å². The lowest BCUT2D eigenvalue weighted by Crippen LogP contribution is -2.23. The molecule has 3 N–H and O–H groups in total. The number of ether oxygens (including phenoxy) is 1. The molecule has 106 valence electrons. The lowest BCUT2D eigenvalue weighted by atomic mass is 9.89. The van der Waals surface area contributed by atoms with Gasteiger partial charge in [0.05, 0.1) is 7.11 Å². The van der Waals surface area contributed by atoms with Gasteiger partial charge in [-0.05, 0) is 55.9 Å². The van der Waals surface area contributed by atoms with Gasteiger partial charge in [-0.15, -0.1) is 0 Å². The van der Waals surface area contributed by atoms with Crippen molar-refractivity contribution in [1.29, 1.82) is 0 Å². The van der Waals surface area contributed by atoms with E-state index in [9.17, 15) is 4.79 Å². The maximum absolute atomic E-state index is 11.7. The van der Waals surface area contributed by atoms with Crippen molar-refractivity contribution in [2.24, 2.45) is 5.73 Å². The Kier molecular flexibility index (Phi) is 3.26. The number of methoxy groups -OCH3 is 1. The molecule has 3 rings (SSSR count). The Bertz CT molecular complexity index is 673. The molecule has 1 heterocycles. The second-order valence-corrected chi connectivity index (χ2v) is 5.54. The summed E-state index contributed by atoms with van der Waals surface area (Å²) in [6, 6.07) is 3.69. The highest BCUT2D eigenvalue weighted by Gasteiger charge is 2.23. The Labute approximate surface area is 118 Å². The van der Waals surface area contributed by atoms with Crippen LogP contribution in [-0.2, 0) is 22.4 Å². The normalized spacial score (nSPS) is 15.9. The number of aryl methyl sites for hydroxylation is 3. The van der Waals surface area contributed by atoms with Crippen molar-refractivity contribution in [3.63, 3.8) is 0 Å². The van der Waals surface area contributed by atoms with E-state index < -0.39 is 12.0 Å². The lowest BCUT2D eigenvalue weighted by Gasteiger charge is -2.16. The molecule has 1 aromatic heterocycles. The molecular weight excluding hydrogens is 252 g/mol. The number of hydrogen-bond acceptors (Lipinski definition) is 3. The first-order valence-corrected chi connectivity index (χ1v) is 7.09. The smallest absolute Gasteiger partial charge is 0.327 e. The Morgan fingerprint density at radius 1 is 1.30 bits per heavy atom. The zero-order valence-corrected chi connectivity index (χ0v) is 12.0. The Balaban J connectivity index is 2.17. The molecule has 1 unspecified atom stereocenters. The van der Waals surface area contributed by atoms with E-state index in [-0.39, 0.29) is 0 Å². The maximum atomic E-state index is 11.7. The van der Waals surface area contributed by atoms with Crippen molar-refractivity contribution in [1.82, 2.24) is 4.98 Å². The molecule has 2 aromatic rings. The summed E-state index contributed by atoms with van der Waals surface area (Å²) < 4.78 is 4.77. The van der Waals surface area contributed by atoms with Gasteiger partial charge in [-0.2, -0.15) is 0 Å². The number of carbonyl (C=O) groups is 1. The van der Waals surface area contributed by atoms with Crippen LogP contribution >= 0.6 is 0 Å². The van der Waals surface area contributed by atoms with E-state index in [2.05, 4.69) is 17.1 Å². The van der Waals surface area contributed by atoms with E-state index in [0.717, 1.165) is 35.0 Å². The average Bonchev–Trinajstić information content (AvgIpc) is 2.78. The number of aromatic amines is 1. The first kappa shape index (κ1) is 13.2. The molecule has 0 radical (unpaired) electrons. The van der Waals surface area contributed by atoms with Crippen molar-refractivity contribution < 1.29 is 9.53 Å². The summed E-state index contributed by atoms with van der Waals surface area (Å²) in [7, 11) is 1.37. The SMILES string of the molecule is COC(=O)C(N)c1c(C)[nH]c2cc3c(cc12)CCCC3. The van der Waals surface area contributed by atoms with Crippen LogP contribution in [0.5, 0.6) is 0 Å². The summed E-state index contributed by atoms with van der Waals surface area (Å²) in [6.07, 6.45) is 4.75. The summed E-state index contributed by atoms with van der Waals surface area (Å²) in [4.78, 5) is 15.1. The molecule has 0 saturated heterocycles. The number of esters is 1. The number of carbonyl (C=O) groups excluding carboxylic acids is 1. The van der Waals surface area contributed by atoms with Crippen LogP contribution in [0.1, 0.15) is 41.3 Å². The van der Waals surface area contributed by atoms with Crippen LogP contribution in [0.2, 0.25) is 0 Å². The monoisotopic (exact) mass is 272 g/mol. The molecule has 0 saturated carbocycles. The fourth-order valence-corrected chi connectivity index (χ4v) is 3.23. The topological polar surface area (TPSA) is 68.1 Å². The second kappa shape index (κ2) is 4.94. The minimum Gasteiger partial charge on any atom is -0.468 e. The number of nitrogens with two attached hydrogens (primary N) is 1. The molecule has 20 heavy (non-hydrogen) atoms. The van der Waals surface area contributed by atoms with Gasteiger partial charge in [-0.25, -0.2) is 0 Å². The molecular formula is C16H20N2O2. The summed E-state index contributed by atoms with van der Waals surface area (Å²) in [5, 5.41) is 1.06. The van der Waals surface area contributed by atoms with E-state index in [1.54, 1.807) is 0 Å². The quantitative estimate of drug-likeness (QED) is 0.825. The third-order valence-electron chi connectivity index (χ3n) is 4.26. The van der Waals surface area contributed by atoms with E-state index in [0.29, 0.717) is 0 Å². The summed E-state index contributed by atoms with van der Waals surface area (Å²) in [5.74, 6) is -0.397. The van der Waals surface area contributed by atoms with Gasteiger partial charge in [0.2, 0.25) is 0 Å². The molecule has 0 aliphatic heterocycles. The molecule has 1 aliphatic carbocycles. The Morgan fingerprint density at radius 2 is 1.95 bits per heavy atom. The molecule has 1 atom stereocenters. The molecule has 1 aromatic carbocycles. The van der Waals surface area contributed by atoms with Gasteiger partial charge in [0.25, 0.3) is 0 Å². The number of H-pyrrole nitrogens is 1. The van der Waals surface area contributed by atoms with E-state index >= 15 is 0 Å². The van der Waals surface area contributed by atoms with Crippen LogP contribution in [0.15, 0.2) is 12.1 Å². The number of nitrogens with one attached hydrogen (secondary N) is 1. The minimum atomic E-state index is -0.726. The van der Waals surface area contributed by atoms with Gasteiger partial charge in [-0.3, -0.25) is 4.79 Å². The number of aromatic nitrogens is 1. The molecule has 0 spiro atoms. The molecule has 4 nitrogen and oxygen atoms in total. The molecule has 0 bridgehead atoms. The molecule has 4 heteroatoms. The van der Waals surface area contributed by atoms with Gasteiger partial charge in [-0.1, -0.05) is 0 Å². The molecule has 0 amide bonds. The van der Waals surface area contributed by atoms with Gasteiger partial charge >= 0.3 is 5.97 Å². The van der Waals surface area contributed by atoms with E-state index in [4.69, 9.17) is 10.5 Å². The average molecular weight is 272 g/mol. The van der Waals surface area contributed by atoms with Gasteiger partial charge in [0.15, 0.2) is 0 Å². The van der Waals surface area contributed by atoms with Crippen LogP contribution in [0.3, 0.4) is 0 Å². The maximum Gasteiger partial charge on any atom is 0.327 e. The van der Waals surface area contributed by atoms with Crippen LogP contribution < -0.4 is 5.73 Å². The standard InChI is InChI=1S/C16H20N2O2/c1-9-14(15(17)16(19)20-2)12-7-10-5-3-4-6-11(10)8-13(12)18-9/h7-8,15,18H,3-6,17H2,1-2H3. The van der Waals surface area contributed by atoms with Crippen molar-refractivity contribution in [2.45, 2.75) is 38.6 Å². The van der Waals surface area contributed by atoms with E-state index in [1.165, 1.54) is 31.1 Å². The van der Waals surface area contributed by atoms with E-state index in [1.807, 2.05) is 6.92 Å². The summed E-state index contributed by atoms with van der Waals surface area (Å²) in [5.41, 5.74) is 11.7. The van der Waals surface area contributed by atoms with Crippen molar-refractivity contribution in [3.05, 3.63) is 34.5 Å². The summed E-state index contributed by atoms with van der Waals surface area (Å²) >= 11 is 0. The first-order valence-electron chi connectivity index (χ1n) is 7.09.